The molecule has 0 aliphatic heterocycles. The standard InChI is InChI=1S/C13H14Br2O/c1-6(2)8-5-10(14)9-4-7(3)13(16)11(9)12(8)15/h5-7H,4H2,1-3H3. The first-order valence-electron chi connectivity index (χ1n) is 5.48. The molecular formula is C13H14Br2O. The van der Waals surface area contributed by atoms with Gasteiger partial charge in [-0.25, -0.2) is 0 Å². The molecule has 1 aromatic rings. The van der Waals surface area contributed by atoms with Gasteiger partial charge in [-0.05, 0) is 45.5 Å². The van der Waals surface area contributed by atoms with Crippen LogP contribution in [0.15, 0.2) is 15.0 Å². The SMILES string of the molecule is CC1Cc2c(Br)cc(C(C)C)c(Br)c2C1=O. The molecular weight excluding hydrogens is 332 g/mol. The van der Waals surface area contributed by atoms with Crippen LogP contribution in [0, 0.1) is 5.92 Å². The molecule has 0 radical (unpaired) electrons. The van der Waals surface area contributed by atoms with Gasteiger partial charge in [0.15, 0.2) is 5.78 Å². The second kappa shape index (κ2) is 4.26. The Bertz CT molecular complexity index is 463. The summed E-state index contributed by atoms with van der Waals surface area (Å²) in [5, 5.41) is 0. The van der Waals surface area contributed by atoms with Crippen LogP contribution < -0.4 is 0 Å². The van der Waals surface area contributed by atoms with Crippen LogP contribution in [0.1, 0.15) is 48.2 Å². The van der Waals surface area contributed by atoms with Crippen molar-refractivity contribution in [3.05, 3.63) is 31.7 Å². The van der Waals surface area contributed by atoms with E-state index in [2.05, 4.69) is 51.8 Å². The third kappa shape index (κ3) is 1.78. The summed E-state index contributed by atoms with van der Waals surface area (Å²) >= 11 is 7.18. The van der Waals surface area contributed by atoms with Crippen LogP contribution >= 0.6 is 31.9 Å². The predicted molar refractivity (Wildman–Crippen MR) is 73.1 cm³/mol. The minimum atomic E-state index is 0.116. The van der Waals surface area contributed by atoms with Crippen molar-refractivity contribution in [1.82, 2.24) is 0 Å². The van der Waals surface area contributed by atoms with E-state index in [1.54, 1.807) is 0 Å². The normalized spacial score (nSPS) is 19.4. The van der Waals surface area contributed by atoms with Crippen molar-refractivity contribution in [2.45, 2.75) is 33.1 Å². The van der Waals surface area contributed by atoms with E-state index < -0.39 is 0 Å². The average Bonchev–Trinajstić information content (AvgIpc) is 2.50. The number of benzene rings is 1. The van der Waals surface area contributed by atoms with Crippen molar-refractivity contribution in [3.63, 3.8) is 0 Å². The lowest BCUT2D eigenvalue weighted by Crippen LogP contribution is -2.05. The van der Waals surface area contributed by atoms with Gasteiger partial charge in [0.1, 0.15) is 0 Å². The minimum Gasteiger partial charge on any atom is -0.294 e. The molecule has 0 heterocycles. The van der Waals surface area contributed by atoms with E-state index in [-0.39, 0.29) is 11.7 Å². The molecule has 1 unspecified atom stereocenters. The number of hydrogen-bond donors (Lipinski definition) is 0. The molecule has 0 saturated carbocycles. The number of carbonyl (C=O) groups is 1. The first-order valence-corrected chi connectivity index (χ1v) is 7.07. The highest BCUT2D eigenvalue weighted by atomic mass is 79.9. The molecule has 3 heteroatoms. The Labute approximate surface area is 113 Å². The van der Waals surface area contributed by atoms with Crippen molar-refractivity contribution in [1.29, 1.82) is 0 Å². The fourth-order valence-corrected chi connectivity index (χ4v) is 3.82. The molecule has 16 heavy (non-hydrogen) atoms. The highest BCUT2D eigenvalue weighted by Gasteiger charge is 2.32. The number of hydrogen-bond acceptors (Lipinski definition) is 1. The van der Waals surface area contributed by atoms with Crippen LogP contribution in [0.4, 0.5) is 0 Å². The zero-order chi connectivity index (χ0) is 12.0. The van der Waals surface area contributed by atoms with Crippen LogP contribution in [0.25, 0.3) is 0 Å². The Morgan fingerprint density at radius 2 is 2.00 bits per heavy atom. The third-order valence-electron chi connectivity index (χ3n) is 3.17. The predicted octanol–water partition coefficient (Wildman–Crippen LogP) is 4.71. The first-order chi connectivity index (χ1) is 7.43. The van der Waals surface area contributed by atoms with Crippen LogP contribution in [-0.2, 0) is 6.42 Å². The molecule has 0 spiro atoms. The zero-order valence-electron chi connectivity index (χ0n) is 9.60. The Kier molecular flexibility index (Phi) is 3.28. The van der Waals surface area contributed by atoms with E-state index >= 15 is 0 Å². The summed E-state index contributed by atoms with van der Waals surface area (Å²) in [6, 6.07) is 2.14. The molecule has 0 N–H and O–H groups in total. The van der Waals surface area contributed by atoms with Crippen LogP contribution in [0.2, 0.25) is 0 Å². The largest absolute Gasteiger partial charge is 0.294 e. The van der Waals surface area contributed by atoms with Crippen molar-refractivity contribution >= 4 is 37.6 Å². The minimum absolute atomic E-state index is 0.116. The molecule has 0 aromatic heterocycles. The van der Waals surface area contributed by atoms with Gasteiger partial charge in [0, 0.05) is 20.4 Å². The molecule has 0 fully saturated rings. The monoisotopic (exact) mass is 344 g/mol. The summed E-state index contributed by atoms with van der Waals surface area (Å²) in [7, 11) is 0. The number of halogens is 2. The Morgan fingerprint density at radius 1 is 1.38 bits per heavy atom. The summed E-state index contributed by atoms with van der Waals surface area (Å²) < 4.78 is 2.07. The smallest absolute Gasteiger partial charge is 0.167 e. The Morgan fingerprint density at radius 3 is 2.56 bits per heavy atom. The lowest BCUT2D eigenvalue weighted by atomic mass is 9.98. The molecule has 0 bridgehead atoms. The van der Waals surface area contributed by atoms with Crippen LogP contribution in [0.5, 0.6) is 0 Å². The topological polar surface area (TPSA) is 17.1 Å². The van der Waals surface area contributed by atoms with Crippen molar-refractivity contribution in [2.75, 3.05) is 0 Å². The van der Waals surface area contributed by atoms with Gasteiger partial charge in [-0.3, -0.25) is 4.79 Å². The molecule has 1 nitrogen and oxygen atoms in total. The molecule has 1 atom stereocenters. The van der Waals surface area contributed by atoms with Gasteiger partial charge in [-0.15, -0.1) is 0 Å². The molecule has 0 amide bonds. The van der Waals surface area contributed by atoms with E-state index in [9.17, 15) is 4.79 Å². The van der Waals surface area contributed by atoms with Crippen molar-refractivity contribution in [3.8, 4) is 0 Å². The Balaban J connectivity index is 2.70. The van der Waals surface area contributed by atoms with E-state index in [0.717, 1.165) is 26.5 Å². The summed E-state index contributed by atoms with van der Waals surface area (Å²) in [5.74, 6) is 0.801. The van der Waals surface area contributed by atoms with Crippen LogP contribution in [-0.4, -0.2) is 5.78 Å². The van der Waals surface area contributed by atoms with Gasteiger partial charge >= 0.3 is 0 Å². The molecule has 1 aliphatic rings. The lowest BCUT2D eigenvalue weighted by molar-refractivity contribution is 0.0945. The van der Waals surface area contributed by atoms with Crippen molar-refractivity contribution in [2.24, 2.45) is 5.92 Å². The maximum absolute atomic E-state index is 12.1. The molecule has 1 aliphatic carbocycles. The summed E-state index contributed by atoms with van der Waals surface area (Å²) in [5.41, 5.74) is 3.26. The van der Waals surface area contributed by atoms with Crippen molar-refractivity contribution < 1.29 is 4.79 Å². The molecule has 2 rings (SSSR count). The molecule has 0 saturated heterocycles. The molecule has 86 valence electrons. The second-order valence-corrected chi connectivity index (χ2v) is 6.39. The van der Waals surface area contributed by atoms with E-state index in [4.69, 9.17) is 0 Å². The quantitative estimate of drug-likeness (QED) is 0.720. The van der Waals surface area contributed by atoms with E-state index in [1.807, 2.05) is 6.92 Å². The van der Waals surface area contributed by atoms with E-state index in [1.165, 1.54) is 5.56 Å². The maximum Gasteiger partial charge on any atom is 0.167 e. The highest BCUT2D eigenvalue weighted by Crippen LogP contribution is 2.41. The zero-order valence-corrected chi connectivity index (χ0v) is 12.8. The summed E-state index contributed by atoms with van der Waals surface area (Å²) in [6.07, 6.45) is 0.853. The third-order valence-corrected chi connectivity index (χ3v) is 4.73. The first kappa shape index (κ1) is 12.3. The van der Waals surface area contributed by atoms with Crippen LogP contribution in [0.3, 0.4) is 0 Å². The van der Waals surface area contributed by atoms with Gasteiger partial charge in [-0.2, -0.15) is 0 Å². The van der Waals surface area contributed by atoms with Gasteiger partial charge in [0.2, 0.25) is 0 Å². The highest BCUT2D eigenvalue weighted by molar-refractivity contribution is 9.11. The van der Waals surface area contributed by atoms with Gasteiger partial charge in [0.05, 0.1) is 0 Å². The fraction of sp³-hybridized carbons (Fsp3) is 0.462. The number of rotatable bonds is 1. The summed E-state index contributed by atoms with van der Waals surface area (Å²) in [6.45, 7) is 6.28. The van der Waals surface area contributed by atoms with Gasteiger partial charge < -0.3 is 0 Å². The fourth-order valence-electron chi connectivity index (χ4n) is 2.21. The van der Waals surface area contributed by atoms with Gasteiger partial charge in [-0.1, -0.05) is 36.7 Å². The van der Waals surface area contributed by atoms with E-state index in [0.29, 0.717) is 5.92 Å². The number of fused-ring (bicyclic) bond motifs is 1. The summed E-state index contributed by atoms with van der Waals surface area (Å²) in [4.78, 5) is 12.1. The number of Topliss-reactive ketones (excluding diaryl/α,β-unsaturated/α-hetero) is 1. The number of ketones is 1. The molecule has 1 aromatic carbocycles. The van der Waals surface area contributed by atoms with Gasteiger partial charge in [0.25, 0.3) is 0 Å². The Hall–Kier alpha value is -0.150. The second-order valence-electron chi connectivity index (χ2n) is 4.74. The maximum atomic E-state index is 12.1. The number of carbonyl (C=O) groups excluding carboxylic acids is 1. The average molecular weight is 346 g/mol. The lowest BCUT2D eigenvalue weighted by Gasteiger charge is -2.13.